The van der Waals surface area contributed by atoms with Crippen LogP contribution in [0.1, 0.15) is 17.8 Å². The zero-order valence-electron chi connectivity index (χ0n) is 6.18. The molecule has 0 saturated carbocycles. The van der Waals surface area contributed by atoms with Gasteiger partial charge < -0.3 is 5.11 Å². The molecule has 12 heavy (non-hydrogen) atoms. The first-order valence-electron chi connectivity index (χ1n) is 3.16. The van der Waals surface area contributed by atoms with Crippen LogP contribution in [0.4, 0.5) is 13.2 Å². The lowest BCUT2D eigenvalue weighted by Crippen LogP contribution is -1.97. The summed E-state index contributed by atoms with van der Waals surface area (Å²) in [6.45, 7) is 1.32. The summed E-state index contributed by atoms with van der Waals surface area (Å²) in [6, 6.07) is 0.629. The molecule has 1 N–H and O–H groups in total. The van der Waals surface area contributed by atoms with Gasteiger partial charge in [-0.3, -0.25) is 0 Å². The van der Waals surface area contributed by atoms with Crippen molar-refractivity contribution < 1.29 is 18.3 Å². The Balaban J connectivity index is 3.23. The summed E-state index contributed by atoms with van der Waals surface area (Å²) in [5.74, 6) is -1.61. The van der Waals surface area contributed by atoms with Gasteiger partial charge in [0.2, 0.25) is 0 Å². The molecule has 1 aromatic rings. The van der Waals surface area contributed by atoms with E-state index >= 15 is 0 Å². The molecular weight excluding hydrogens is 171 g/mol. The van der Waals surface area contributed by atoms with Crippen molar-refractivity contribution in [3.8, 4) is 5.75 Å². The summed E-state index contributed by atoms with van der Waals surface area (Å²) >= 11 is 0. The highest BCUT2D eigenvalue weighted by Gasteiger charge is 2.16. The number of aryl methyl sites for hydroxylation is 1. The van der Waals surface area contributed by atoms with Gasteiger partial charge in [0.15, 0.2) is 5.82 Å². The van der Waals surface area contributed by atoms with Gasteiger partial charge in [-0.1, -0.05) is 0 Å². The molecule has 2 nitrogen and oxygen atoms in total. The second kappa shape index (κ2) is 3.00. The van der Waals surface area contributed by atoms with Gasteiger partial charge in [0, 0.05) is 6.07 Å². The molecule has 0 aromatic carbocycles. The van der Waals surface area contributed by atoms with E-state index in [0.29, 0.717) is 6.07 Å². The highest BCUT2D eigenvalue weighted by molar-refractivity contribution is 5.28. The SMILES string of the molecule is Cc1nc(C(F)F)c(F)cc1O. The predicted octanol–water partition coefficient (Wildman–Crippen LogP) is 2.17. The van der Waals surface area contributed by atoms with E-state index in [4.69, 9.17) is 5.11 Å². The Kier molecular flexibility index (Phi) is 2.21. The van der Waals surface area contributed by atoms with E-state index in [2.05, 4.69) is 4.98 Å². The zero-order valence-corrected chi connectivity index (χ0v) is 6.18. The van der Waals surface area contributed by atoms with Crippen molar-refractivity contribution in [1.29, 1.82) is 0 Å². The molecule has 0 aliphatic carbocycles. The first kappa shape index (κ1) is 8.83. The smallest absolute Gasteiger partial charge is 0.283 e. The number of hydrogen-bond acceptors (Lipinski definition) is 2. The summed E-state index contributed by atoms with van der Waals surface area (Å²) < 4.78 is 36.5. The molecule has 1 aromatic heterocycles. The van der Waals surface area contributed by atoms with Crippen LogP contribution in [-0.4, -0.2) is 10.1 Å². The second-order valence-corrected chi connectivity index (χ2v) is 2.26. The van der Waals surface area contributed by atoms with E-state index in [1.165, 1.54) is 6.92 Å². The topological polar surface area (TPSA) is 33.1 Å². The normalized spacial score (nSPS) is 10.8. The van der Waals surface area contributed by atoms with Crippen LogP contribution in [-0.2, 0) is 0 Å². The van der Waals surface area contributed by atoms with Gasteiger partial charge >= 0.3 is 0 Å². The summed E-state index contributed by atoms with van der Waals surface area (Å²) in [4.78, 5) is 3.20. The average molecular weight is 177 g/mol. The molecule has 0 radical (unpaired) electrons. The maximum Gasteiger partial charge on any atom is 0.283 e. The Morgan fingerprint density at radius 1 is 1.50 bits per heavy atom. The molecule has 0 aliphatic heterocycles. The number of aromatic nitrogens is 1. The quantitative estimate of drug-likeness (QED) is 0.713. The molecule has 0 spiro atoms. The lowest BCUT2D eigenvalue weighted by atomic mass is 10.3. The molecule has 1 heterocycles. The van der Waals surface area contributed by atoms with Crippen LogP contribution in [0.3, 0.4) is 0 Å². The standard InChI is InChI=1S/C7H6F3NO/c1-3-5(12)2-4(8)6(11-3)7(9)10/h2,7,12H,1H3. The van der Waals surface area contributed by atoms with Gasteiger partial charge in [0.05, 0.1) is 5.69 Å². The molecule has 0 fully saturated rings. The number of rotatable bonds is 1. The Morgan fingerprint density at radius 2 is 2.08 bits per heavy atom. The summed E-state index contributed by atoms with van der Waals surface area (Å²) in [5, 5.41) is 8.86. The predicted molar refractivity (Wildman–Crippen MR) is 35.6 cm³/mol. The molecular formula is C7H6F3NO. The fourth-order valence-corrected chi connectivity index (χ4v) is 0.743. The van der Waals surface area contributed by atoms with Crippen molar-refractivity contribution in [2.75, 3.05) is 0 Å². The van der Waals surface area contributed by atoms with Crippen molar-refractivity contribution in [3.63, 3.8) is 0 Å². The lowest BCUT2D eigenvalue weighted by molar-refractivity contribution is 0.140. The fraction of sp³-hybridized carbons (Fsp3) is 0.286. The van der Waals surface area contributed by atoms with Gasteiger partial charge in [0.1, 0.15) is 11.4 Å². The fourth-order valence-electron chi connectivity index (χ4n) is 0.743. The van der Waals surface area contributed by atoms with E-state index in [0.717, 1.165) is 0 Å². The van der Waals surface area contributed by atoms with Crippen molar-refractivity contribution in [2.45, 2.75) is 13.3 Å². The van der Waals surface area contributed by atoms with Crippen LogP contribution < -0.4 is 0 Å². The van der Waals surface area contributed by atoms with Gasteiger partial charge in [-0.15, -0.1) is 0 Å². The molecule has 1 rings (SSSR count). The summed E-state index contributed by atoms with van der Waals surface area (Å²) in [5.41, 5.74) is -0.933. The third-order valence-electron chi connectivity index (χ3n) is 1.37. The van der Waals surface area contributed by atoms with Crippen LogP contribution in [0, 0.1) is 12.7 Å². The van der Waals surface area contributed by atoms with Crippen molar-refractivity contribution in [2.24, 2.45) is 0 Å². The van der Waals surface area contributed by atoms with Crippen molar-refractivity contribution in [1.82, 2.24) is 4.98 Å². The third kappa shape index (κ3) is 1.49. The van der Waals surface area contributed by atoms with Gasteiger partial charge in [-0.2, -0.15) is 0 Å². The summed E-state index contributed by atoms with van der Waals surface area (Å²) in [6.07, 6.45) is -2.95. The maximum atomic E-state index is 12.6. The molecule has 0 unspecified atom stereocenters. The third-order valence-corrected chi connectivity index (χ3v) is 1.37. The Bertz CT molecular complexity index is 301. The molecule has 0 atom stereocenters. The number of hydrogen-bond donors (Lipinski definition) is 1. The van der Waals surface area contributed by atoms with E-state index < -0.39 is 23.7 Å². The van der Waals surface area contributed by atoms with Crippen molar-refractivity contribution >= 4 is 0 Å². The first-order chi connectivity index (χ1) is 5.52. The van der Waals surface area contributed by atoms with Crippen LogP contribution in [0.5, 0.6) is 5.75 Å². The molecule has 0 saturated heterocycles. The van der Waals surface area contributed by atoms with Gasteiger partial charge in [-0.05, 0) is 6.92 Å². The first-order valence-corrected chi connectivity index (χ1v) is 3.16. The van der Waals surface area contributed by atoms with Gasteiger partial charge in [-0.25, -0.2) is 18.2 Å². The Morgan fingerprint density at radius 3 is 2.58 bits per heavy atom. The van der Waals surface area contributed by atoms with E-state index in [-0.39, 0.29) is 5.69 Å². The van der Waals surface area contributed by atoms with E-state index in [1.54, 1.807) is 0 Å². The number of halogens is 3. The zero-order chi connectivity index (χ0) is 9.30. The molecule has 66 valence electrons. The van der Waals surface area contributed by atoms with E-state index in [1.807, 2.05) is 0 Å². The Labute approximate surface area is 66.7 Å². The highest BCUT2D eigenvalue weighted by atomic mass is 19.3. The van der Waals surface area contributed by atoms with Crippen LogP contribution in [0.15, 0.2) is 6.07 Å². The molecule has 0 bridgehead atoms. The monoisotopic (exact) mass is 177 g/mol. The number of nitrogens with zero attached hydrogens (tertiary/aromatic N) is 1. The maximum absolute atomic E-state index is 12.6. The van der Waals surface area contributed by atoms with Crippen LogP contribution in [0.2, 0.25) is 0 Å². The number of aromatic hydroxyl groups is 1. The lowest BCUT2D eigenvalue weighted by Gasteiger charge is -2.03. The minimum Gasteiger partial charge on any atom is -0.506 e. The van der Waals surface area contributed by atoms with Crippen LogP contribution in [0.25, 0.3) is 0 Å². The minimum atomic E-state index is -2.95. The molecule has 5 heteroatoms. The van der Waals surface area contributed by atoms with E-state index in [9.17, 15) is 13.2 Å². The average Bonchev–Trinajstić information content (AvgIpc) is 1.96. The largest absolute Gasteiger partial charge is 0.506 e. The Hall–Kier alpha value is -1.26. The summed E-state index contributed by atoms with van der Waals surface area (Å²) in [7, 11) is 0. The molecule has 0 aliphatic rings. The van der Waals surface area contributed by atoms with Crippen LogP contribution >= 0.6 is 0 Å². The minimum absolute atomic E-state index is 0.00769. The number of pyridine rings is 1. The van der Waals surface area contributed by atoms with Gasteiger partial charge in [0.25, 0.3) is 6.43 Å². The van der Waals surface area contributed by atoms with Crippen molar-refractivity contribution in [3.05, 3.63) is 23.3 Å². The second-order valence-electron chi connectivity index (χ2n) is 2.26. The number of alkyl halides is 2. The molecule has 0 amide bonds. The highest BCUT2D eigenvalue weighted by Crippen LogP contribution is 2.24.